The fourth-order valence-electron chi connectivity index (χ4n) is 7.11. The van der Waals surface area contributed by atoms with Gasteiger partial charge in [0.2, 0.25) is 11.8 Å². The van der Waals surface area contributed by atoms with Gasteiger partial charge in [0.15, 0.2) is 0 Å². The third-order valence-electron chi connectivity index (χ3n) is 9.13. The number of aryl methyl sites for hydroxylation is 2. The van der Waals surface area contributed by atoms with Gasteiger partial charge in [-0.2, -0.15) is 0 Å². The van der Waals surface area contributed by atoms with E-state index in [4.69, 9.17) is 0 Å². The second-order valence-corrected chi connectivity index (χ2v) is 13.1. The molecule has 1 spiro atoms. The number of aliphatic hydroxyl groups is 1. The Bertz CT molecular complexity index is 1420. The largest absolute Gasteiger partial charge is 0.394 e. The van der Waals surface area contributed by atoms with Crippen molar-refractivity contribution in [3.8, 4) is 0 Å². The van der Waals surface area contributed by atoms with Gasteiger partial charge < -0.3 is 19.8 Å². The maximum absolute atomic E-state index is 14.7. The summed E-state index contributed by atoms with van der Waals surface area (Å²) in [6.45, 7) is 6.99. The zero-order valence-corrected chi connectivity index (χ0v) is 24.6. The van der Waals surface area contributed by atoms with Crippen molar-refractivity contribution in [1.82, 2.24) is 9.80 Å². The van der Waals surface area contributed by atoms with Crippen molar-refractivity contribution in [3.05, 3.63) is 89.5 Å². The van der Waals surface area contributed by atoms with Gasteiger partial charge in [0.1, 0.15) is 6.04 Å². The molecule has 1 N–H and O–H groups in total. The summed E-state index contributed by atoms with van der Waals surface area (Å²) in [5.74, 6) is -1.72. The Kier molecular flexibility index (Phi) is 7.32. The van der Waals surface area contributed by atoms with Gasteiger partial charge in [-0.15, -0.1) is 11.8 Å². The third kappa shape index (κ3) is 4.43. The van der Waals surface area contributed by atoms with Crippen LogP contribution >= 0.6 is 11.8 Å². The molecule has 2 aromatic rings. The van der Waals surface area contributed by atoms with Crippen molar-refractivity contribution in [1.29, 1.82) is 0 Å². The van der Waals surface area contributed by atoms with Crippen molar-refractivity contribution in [2.45, 2.75) is 55.8 Å². The Hall–Kier alpha value is -3.36. The summed E-state index contributed by atoms with van der Waals surface area (Å²) in [5.41, 5.74) is 3.89. The number of carbonyl (C=O) groups excluding carboxylic acids is 3. The molecule has 3 amide bonds. The van der Waals surface area contributed by atoms with Crippen LogP contribution in [0.3, 0.4) is 0 Å². The van der Waals surface area contributed by atoms with Crippen LogP contribution in [-0.4, -0.2) is 74.4 Å². The molecule has 0 aromatic heterocycles. The van der Waals surface area contributed by atoms with Crippen molar-refractivity contribution in [3.63, 3.8) is 0 Å². The van der Waals surface area contributed by atoms with E-state index in [1.54, 1.807) is 21.6 Å². The highest BCUT2D eigenvalue weighted by atomic mass is 32.2. The molecule has 2 aromatic carbocycles. The number of amides is 3. The van der Waals surface area contributed by atoms with Crippen LogP contribution in [0.15, 0.2) is 72.8 Å². The number of thioether (sulfide) groups is 1. The predicted octanol–water partition coefficient (Wildman–Crippen LogP) is 3.87. The van der Waals surface area contributed by atoms with Gasteiger partial charge in [0.05, 0.1) is 29.2 Å². The Morgan fingerprint density at radius 2 is 1.78 bits per heavy atom. The molecule has 6 atom stereocenters. The summed E-state index contributed by atoms with van der Waals surface area (Å²) in [6.07, 6.45) is 8.64. The summed E-state index contributed by atoms with van der Waals surface area (Å²) < 4.78 is -0.908. The molecule has 0 aliphatic carbocycles. The molecular weight excluding hydrogens is 534 g/mol. The van der Waals surface area contributed by atoms with Crippen molar-refractivity contribution in [2.75, 3.05) is 24.6 Å². The molecule has 214 valence electrons. The summed E-state index contributed by atoms with van der Waals surface area (Å²) in [6, 6.07) is 14.6. The number of benzene rings is 2. The van der Waals surface area contributed by atoms with E-state index >= 15 is 0 Å². The summed E-state index contributed by atoms with van der Waals surface area (Å²) >= 11 is 1.58. The Balaban J connectivity index is 1.44. The quantitative estimate of drug-likeness (QED) is 0.533. The number of likely N-dealkylation sites (tertiary alicyclic amines) is 1. The number of hydrogen-bond donors (Lipinski definition) is 1. The maximum Gasteiger partial charge on any atom is 0.251 e. The van der Waals surface area contributed by atoms with E-state index in [1.807, 2.05) is 92.4 Å². The number of fused-ring (bicyclic) bond motifs is 2. The first-order valence-electron chi connectivity index (χ1n) is 14.5. The Morgan fingerprint density at radius 3 is 2.51 bits per heavy atom. The molecule has 1 unspecified atom stereocenters. The van der Waals surface area contributed by atoms with Crippen LogP contribution in [0.2, 0.25) is 0 Å². The summed E-state index contributed by atoms with van der Waals surface area (Å²) in [7, 11) is 0. The van der Waals surface area contributed by atoms with Gasteiger partial charge >= 0.3 is 0 Å². The van der Waals surface area contributed by atoms with Gasteiger partial charge in [-0.1, -0.05) is 73.7 Å². The van der Waals surface area contributed by atoms with Crippen LogP contribution in [0, 0.1) is 25.7 Å². The molecule has 41 heavy (non-hydrogen) atoms. The minimum Gasteiger partial charge on any atom is -0.394 e. The van der Waals surface area contributed by atoms with Gasteiger partial charge in [-0.3, -0.25) is 14.4 Å². The van der Waals surface area contributed by atoms with Crippen molar-refractivity contribution in [2.24, 2.45) is 11.8 Å². The lowest BCUT2D eigenvalue weighted by molar-refractivity contribution is -0.145. The average molecular weight is 572 g/mol. The fourth-order valence-corrected chi connectivity index (χ4v) is 9.10. The van der Waals surface area contributed by atoms with E-state index in [1.165, 1.54) is 0 Å². The van der Waals surface area contributed by atoms with Gasteiger partial charge in [-0.05, 0) is 43.0 Å². The minimum atomic E-state index is -0.908. The van der Waals surface area contributed by atoms with Crippen LogP contribution in [-0.2, 0) is 20.9 Å². The lowest BCUT2D eigenvalue weighted by Crippen LogP contribution is -2.56. The molecule has 6 rings (SSSR count). The number of rotatable bonds is 6. The van der Waals surface area contributed by atoms with E-state index in [0.29, 0.717) is 26.1 Å². The highest BCUT2D eigenvalue weighted by Crippen LogP contribution is 2.61. The van der Waals surface area contributed by atoms with E-state index < -0.39 is 28.7 Å². The second kappa shape index (κ2) is 10.8. The number of nitrogens with zero attached hydrogens (tertiary/aromatic N) is 3. The summed E-state index contributed by atoms with van der Waals surface area (Å²) in [5, 5.41) is 10.2. The van der Waals surface area contributed by atoms with Crippen molar-refractivity contribution < 1.29 is 19.5 Å². The van der Waals surface area contributed by atoms with Gasteiger partial charge in [0, 0.05) is 30.6 Å². The molecular formula is C33H37N3O4S. The van der Waals surface area contributed by atoms with Gasteiger partial charge in [-0.25, -0.2) is 0 Å². The molecule has 8 heteroatoms. The van der Waals surface area contributed by atoms with E-state index in [-0.39, 0.29) is 29.6 Å². The monoisotopic (exact) mass is 571 g/mol. The van der Waals surface area contributed by atoms with E-state index in [9.17, 15) is 19.5 Å². The van der Waals surface area contributed by atoms with Crippen LogP contribution < -0.4 is 4.90 Å². The normalized spacial score (nSPS) is 29.8. The molecule has 0 radical (unpaired) electrons. The first-order chi connectivity index (χ1) is 19.8. The van der Waals surface area contributed by atoms with Crippen LogP contribution in [0.4, 0.5) is 5.69 Å². The first-order valence-corrected chi connectivity index (χ1v) is 15.3. The van der Waals surface area contributed by atoms with Gasteiger partial charge in [0.25, 0.3) is 5.91 Å². The van der Waals surface area contributed by atoms with Crippen LogP contribution in [0.25, 0.3) is 0 Å². The molecule has 4 aliphatic heterocycles. The molecule has 7 nitrogen and oxygen atoms in total. The standard InChI is InChI=1S/C33H37N3O4S/c1-4-24(20-37)36-29-32(40)35(25-18-21(2)13-14-22(25)3)17-9-15-33(29)28(31(36)39)27-26(41-33)12-8-16-34(30(27)38)19-23-10-6-5-7-11-23/h5-15,18,24,26-29,37H,4,16-17,19-20H2,1-3H3/t24-,26-,27+,28-,29?,33-/m0/s1. The zero-order valence-electron chi connectivity index (χ0n) is 23.8. The second-order valence-electron chi connectivity index (χ2n) is 11.6. The van der Waals surface area contributed by atoms with E-state index in [0.717, 1.165) is 22.4 Å². The van der Waals surface area contributed by atoms with Crippen LogP contribution in [0.5, 0.6) is 0 Å². The molecule has 2 saturated heterocycles. The Labute approximate surface area is 245 Å². The highest BCUT2D eigenvalue weighted by molar-refractivity contribution is 8.02. The number of carbonyl (C=O) groups is 3. The minimum absolute atomic E-state index is 0.0549. The number of hydrogen-bond acceptors (Lipinski definition) is 5. The molecule has 4 aliphatic rings. The third-order valence-corrected chi connectivity index (χ3v) is 10.9. The molecule has 0 saturated carbocycles. The maximum atomic E-state index is 14.7. The molecule has 4 heterocycles. The first kappa shape index (κ1) is 27.8. The molecule has 0 bridgehead atoms. The smallest absolute Gasteiger partial charge is 0.251 e. The topological polar surface area (TPSA) is 81.2 Å². The predicted molar refractivity (Wildman–Crippen MR) is 161 cm³/mol. The van der Waals surface area contributed by atoms with E-state index in [2.05, 4.69) is 6.08 Å². The summed E-state index contributed by atoms with van der Waals surface area (Å²) in [4.78, 5) is 48.7. The molecule has 2 fully saturated rings. The Morgan fingerprint density at radius 1 is 1.00 bits per heavy atom. The van der Waals surface area contributed by atoms with Crippen LogP contribution in [0.1, 0.15) is 30.0 Å². The highest BCUT2D eigenvalue weighted by Gasteiger charge is 2.71. The average Bonchev–Trinajstić information content (AvgIpc) is 3.29. The lowest BCUT2D eigenvalue weighted by atomic mass is 9.78. The van der Waals surface area contributed by atoms with Crippen molar-refractivity contribution >= 4 is 35.2 Å². The fraction of sp³-hybridized carbons (Fsp3) is 0.424. The SMILES string of the molecule is CC[C@@H](CO)N1C(=O)[C@@H]2[C@@H]3C(=O)N(Cc4ccccc4)CC=C[C@@H]3S[C@@]23C=CCN(c2cc(C)ccc2C)C(=O)C13. The zero-order chi connectivity index (χ0) is 28.9. The number of aliphatic hydroxyl groups excluding tert-OH is 1. The lowest BCUT2D eigenvalue weighted by Gasteiger charge is -2.38. The number of anilines is 1.